The minimum atomic E-state index is 0.364. The van der Waals surface area contributed by atoms with Crippen LogP contribution in [0.25, 0.3) is 11.3 Å². The number of aromatic amines is 1. The summed E-state index contributed by atoms with van der Waals surface area (Å²) in [7, 11) is 0. The Labute approximate surface area is 114 Å². The lowest BCUT2D eigenvalue weighted by atomic mass is 10.1. The molecule has 2 N–H and O–H groups in total. The molecule has 0 aliphatic carbocycles. The van der Waals surface area contributed by atoms with Gasteiger partial charge in [-0.05, 0) is 12.0 Å². The van der Waals surface area contributed by atoms with Crippen LogP contribution in [0, 0.1) is 12.3 Å². The van der Waals surface area contributed by atoms with Crippen LogP contribution in [-0.2, 0) is 6.54 Å². The minimum Gasteiger partial charge on any atom is -0.309 e. The zero-order chi connectivity index (χ0) is 13.5. The molecule has 2 rings (SSSR count). The summed E-state index contributed by atoms with van der Waals surface area (Å²) in [5.41, 5.74) is 3.40. The lowest BCUT2D eigenvalue weighted by Crippen LogP contribution is -2.27. The third-order valence-corrected chi connectivity index (χ3v) is 3.22. The Hall–Kier alpha value is -2.05. The minimum absolute atomic E-state index is 0.364. The predicted octanol–water partition coefficient (Wildman–Crippen LogP) is 2.97. The van der Waals surface area contributed by atoms with Crippen molar-refractivity contribution in [1.82, 2.24) is 15.5 Å². The molecule has 0 radical (unpaired) electrons. The molecular weight excluding hydrogens is 234 g/mol. The van der Waals surface area contributed by atoms with Gasteiger partial charge in [0.25, 0.3) is 0 Å². The summed E-state index contributed by atoms with van der Waals surface area (Å²) in [6.07, 6.45) is 9.03. The highest BCUT2D eigenvalue weighted by Crippen LogP contribution is 2.20. The monoisotopic (exact) mass is 253 g/mol. The zero-order valence-electron chi connectivity index (χ0n) is 11.2. The summed E-state index contributed by atoms with van der Waals surface area (Å²) in [5.74, 6) is 2.71. The van der Waals surface area contributed by atoms with Gasteiger partial charge in [0.1, 0.15) is 0 Å². The quantitative estimate of drug-likeness (QED) is 0.777. The molecule has 0 amide bonds. The molecular formula is C16H19N3. The van der Waals surface area contributed by atoms with Gasteiger partial charge in [0, 0.05) is 24.6 Å². The van der Waals surface area contributed by atoms with Crippen LogP contribution < -0.4 is 5.32 Å². The highest BCUT2D eigenvalue weighted by atomic mass is 15.1. The Bertz CT molecular complexity index is 537. The Morgan fingerprint density at radius 3 is 2.84 bits per heavy atom. The number of hydrogen-bond donors (Lipinski definition) is 2. The van der Waals surface area contributed by atoms with Crippen molar-refractivity contribution in [3.05, 3.63) is 42.1 Å². The van der Waals surface area contributed by atoms with Gasteiger partial charge in [-0.3, -0.25) is 5.10 Å². The van der Waals surface area contributed by atoms with Gasteiger partial charge in [-0.25, -0.2) is 0 Å². The molecule has 0 saturated carbocycles. The molecule has 98 valence electrons. The van der Waals surface area contributed by atoms with Gasteiger partial charge in [0.05, 0.1) is 11.9 Å². The van der Waals surface area contributed by atoms with Crippen LogP contribution in [0.15, 0.2) is 36.5 Å². The Morgan fingerprint density at radius 1 is 1.37 bits per heavy atom. The van der Waals surface area contributed by atoms with E-state index in [1.54, 1.807) is 0 Å². The van der Waals surface area contributed by atoms with Crippen LogP contribution >= 0.6 is 0 Å². The number of terminal acetylenes is 1. The van der Waals surface area contributed by atoms with Crippen molar-refractivity contribution in [2.45, 2.75) is 32.4 Å². The van der Waals surface area contributed by atoms with E-state index in [1.165, 1.54) is 5.56 Å². The summed E-state index contributed by atoms with van der Waals surface area (Å²) < 4.78 is 0. The third-order valence-electron chi connectivity index (χ3n) is 3.22. The summed E-state index contributed by atoms with van der Waals surface area (Å²) >= 11 is 0. The van der Waals surface area contributed by atoms with Gasteiger partial charge in [-0.15, -0.1) is 12.3 Å². The van der Waals surface area contributed by atoms with Gasteiger partial charge >= 0.3 is 0 Å². The Kier molecular flexibility index (Phi) is 4.77. The van der Waals surface area contributed by atoms with E-state index in [2.05, 4.69) is 40.5 Å². The topological polar surface area (TPSA) is 40.7 Å². The molecule has 1 unspecified atom stereocenters. The summed E-state index contributed by atoms with van der Waals surface area (Å²) in [4.78, 5) is 0. The second kappa shape index (κ2) is 6.77. The van der Waals surface area contributed by atoms with Crippen LogP contribution in [0.5, 0.6) is 0 Å². The SMILES string of the molecule is C#CCC(CC)NCc1cn[nH]c1-c1ccccc1. The zero-order valence-corrected chi connectivity index (χ0v) is 11.2. The summed E-state index contributed by atoms with van der Waals surface area (Å²) in [5, 5.41) is 10.7. The smallest absolute Gasteiger partial charge is 0.0695 e. The van der Waals surface area contributed by atoms with Crippen molar-refractivity contribution in [3.8, 4) is 23.6 Å². The van der Waals surface area contributed by atoms with E-state index in [4.69, 9.17) is 6.42 Å². The predicted molar refractivity (Wildman–Crippen MR) is 78.4 cm³/mol. The third kappa shape index (κ3) is 3.46. The lowest BCUT2D eigenvalue weighted by molar-refractivity contribution is 0.507. The van der Waals surface area contributed by atoms with E-state index in [9.17, 15) is 0 Å². The number of H-pyrrole nitrogens is 1. The molecule has 3 nitrogen and oxygen atoms in total. The molecule has 1 atom stereocenters. The maximum atomic E-state index is 5.37. The van der Waals surface area contributed by atoms with E-state index in [0.717, 1.165) is 30.6 Å². The van der Waals surface area contributed by atoms with E-state index in [1.807, 2.05) is 24.4 Å². The average molecular weight is 253 g/mol. The fourth-order valence-electron chi connectivity index (χ4n) is 2.06. The largest absolute Gasteiger partial charge is 0.309 e. The number of hydrogen-bond acceptors (Lipinski definition) is 2. The highest BCUT2D eigenvalue weighted by molar-refractivity contribution is 5.62. The standard InChI is InChI=1S/C16H19N3/c1-3-8-15(4-2)17-11-14-12-18-19-16(14)13-9-6-5-7-10-13/h1,5-7,9-10,12,15,17H,4,8,11H2,2H3,(H,18,19). The number of rotatable bonds is 6. The van der Waals surface area contributed by atoms with Crippen LogP contribution in [-0.4, -0.2) is 16.2 Å². The number of benzene rings is 1. The van der Waals surface area contributed by atoms with Gasteiger partial charge < -0.3 is 5.32 Å². The first-order valence-electron chi connectivity index (χ1n) is 6.59. The summed E-state index contributed by atoms with van der Waals surface area (Å²) in [6, 6.07) is 10.6. The number of nitrogens with zero attached hydrogens (tertiary/aromatic N) is 1. The van der Waals surface area contributed by atoms with E-state index < -0.39 is 0 Å². The molecule has 3 heteroatoms. The van der Waals surface area contributed by atoms with Gasteiger partial charge in [-0.2, -0.15) is 5.10 Å². The van der Waals surface area contributed by atoms with E-state index in [-0.39, 0.29) is 0 Å². The number of nitrogens with one attached hydrogen (secondary N) is 2. The Balaban J connectivity index is 2.07. The second-order valence-electron chi connectivity index (χ2n) is 4.53. The Morgan fingerprint density at radius 2 is 2.16 bits per heavy atom. The maximum absolute atomic E-state index is 5.37. The van der Waals surface area contributed by atoms with Crippen molar-refractivity contribution in [2.75, 3.05) is 0 Å². The first kappa shape index (κ1) is 13.4. The highest BCUT2D eigenvalue weighted by Gasteiger charge is 2.09. The van der Waals surface area contributed by atoms with E-state index >= 15 is 0 Å². The first-order chi connectivity index (χ1) is 9.35. The molecule has 2 aromatic rings. The summed E-state index contributed by atoms with van der Waals surface area (Å²) in [6.45, 7) is 2.92. The van der Waals surface area contributed by atoms with Crippen LogP contribution in [0.2, 0.25) is 0 Å². The molecule has 1 heterocycles. The maximum Gasteiger partial charge on any atom is 0.0695 e. The molecule has 1 aromatic heterocycles. The van der Waals surface area contributed by atoms with Crippen molar-refractivity contribution in [3.63, 3.8) is 0 Å². The normalized spacial score (nSPS) is 12.0. The van der Waals surface area contributed by atoms with Crippen LogP contribution in [0.3, 0.4) is 0 Å². The van der Waals surface area contributed by atoms with Gasteiger partial charge in [0.15, 0.2) is 0 Å². The van der Waals surface area contributed by atoms with E-state index in [0.29, 0.717) is 6.04 Å². The molecule has 1 aromatic carbocycles. The molecule has 0 aliphatic heterocycles. The van der Waals surface area contributed by atoms with Crippen molar-refractivity contribution in [2.24, 2.45) is 0 Å². The number of aromatic nitrogens is 2. The molecule has 0 aliphatic rings. The van der Waals surface area contributed by atoms with Crippen molar-refractivity contribution in [1.29, 1.82) is 0 Å². The first-order valence-corrected chi connectivity index (χ1v) is 6.59. The van der Waals surface area contributed by atoms with Crippen molar-refractivity contribution >= 4 is 0 Å². The average Bonchev–Trinajstić information content (AvgIpc) is 2.93. The fraction of sp³-hybridized carbons (Fsp3) is 0.312. The molecule has 19 heavy (non-hydrogen) atoms. The van der Waals surface area contributed by atoms with Crippen LogP contribution in [0.1, 0.15) is 25.3 Å². The van der Waals surface area contributed by atoms with Crippen molar-refractivity contribution < 1.29 is 0 Å². The van der Waals surface area contributed by atoms with Gasteiger partial charge in [0.2, 0.25) is 0 Å². The fourth-order valence-corrected chi connectivity index (χ4v) is 2.06. The molecule has 0 bridgehead atoms. The van der Waals surface area contributed by atoms with Gasteiger partial charge in [-0.1, -0.05) is 37.3 Å². The molecule has 0 saturated heterocycles. The molecule has 0 fully saturated rings. The lowest BCUT2D eigenvalue weighted by Gasteiger charge is -2.14. The molecule has 0 spiro atoms. The second-order valence-corrected chi connectivity index (χ2v) is 4.53. The van der Waals surface area contributed by atoms with Crippen LogP contribution in [0.4, 0.5) is 0 Å².